The van der Waals surface area contributed by atoms with Gasteiger partial charge in [0.2, 0.25) is 11.8 Å². The number of H-pyrrole nitrogens is 2. The fourth-order valence-electron chi connectivity index (χ4n) is 7.65. The Balaban J connectivity index is 1.13. The molecular formula is C44H56N8O7. The van der Waals surface area contributed by atoms with Crippen molar-refractivity contribution in [3.05, 3.63) is 72.6 Å². The Morgan fingerprint density at radius 2 is 1.47 bits per heavy atom. The van der Waals surface area contributed by atoms with Crippen LogP contribution in [0.3, 0.4) is 0 Å². The topological polar surface area (TPSA) is 188 Å². The summed E-state index contributed by atoms with van der Waals surface area (Å²) in [7, 11) is 2.58. The quantitative estimate of drug-likeness (QED) is 0.0771. The number of carbonyl (C=O) groups excluding carboxylic acids is 4. The van der Waals surface area contributed by atoms with Crippen molar-refractivity contribution >= 4 is 35.0 Å². The summed E-state index contributed by atoms with van der Waals surface area (Å²) >= 11 is 0. The van der Waals surface area contributed by atoms with Crippen molar-refractivity contribution in [1.82, 2.24) is 40.4 Å². The van der Waals surface area contributed by atoms with Gasteiger partial charge in [-0.25, -0.2) is 19.6 Å². The number of imidazole rings is 2. The van der Waals surface area contributed by atoms with E-state index in [9.17, 15) is 19.2 Å². The minimum atomic E-state index is -0.696. The lowest BCUT2D eigenvalue weighted by molar-refractivity contribution is -0.135. The molecule has 0 radical (unpaired) electrons. The molecular weight excluding hydrogens is 753 g/mol. The van der Waals surface area contributed by atoms with Crippen LogP contribution in [0.2, 0.25) is 0 Å². The lowest BCUT2D eigenvalue weighted by Gasteiger charge is -2.29. The first kappa shape index (κ1) is 42.5. The van der Waals surface area contributed by atoms with Crippen molar-refractivity contribution in [1.29, 1.82) is 0 Å². The zero-order chi connectivity index (χ0) is 42.2. The van der Waals surface area contributed by atoms with Gasteiger partial charge >= 0.3 is 12.2 Å². The molecule has 2 aromatic carbocycles. The minimum Gasteiger partial charge on any atom is -0.456 e. The van der Waals surface area contributed by atoms with E-state index in [1.807, 2.05) is 82.0 Å². The minimum absolute atomic E-state index is 0.135. The van der Waals surface area contributed by atoms with Crippen molar-refractivity contribution in [2.75, 3.05) is 27.3 Å². The molecule has 0 unspecified atom stereocenters. The lowest BCUT2D eigenvalue weighted by atomic mass is 10.0. The highest BCUT2D eigenvalue weighted by molar-refractivity contribution is 5.88. The molecule has 5 aromatic rings. The van der Waals surface area contributed by atoms with E-state index in [0.717, 1.165) is 64.1 Å². The molecule has 4 heterocycles. The fourth-order valence-corrected chi connectivity index (χ4v) is 7.65. The van der Waals surface area contributed by atoms with Crippen LogP contribution in [0.5, 0.6) is 0 Å². The average molecular weight is 809 g/mol. The standard InChI is InChI=1S/C44H56N8O7/c1-8-17-51(41(53)32(19-26(2)3)49-43(55)57-6)25-39-45-23-34(47-39)28-11-13-29(14-12-28)38-22-31-21-30(15-16-37(31)59-38)35-24-46-40(48-35)36-10-9-18-52(36)42(54)33(20-27(4)5)50-44(56)58-7/h11-16,21-24,26-27,32-33,36H,8-10,17-20,25H2,1-7H3,(H,45,47)(H,46,48)(H,49,55)(H,50,56)/t32-,33-,36-/m0/s1. The van der Waals surface area contributed by atoms with Crippen LogP contribution in [0.1, 0.15) is 84.4 Å². The summed E-state index contributed by atoms with van der Waals surface area (Å²) in [6.45, 7) is 11.4. The largest absolute Gasteiger partial charge is 0.456 e. The number of likely N-dealkylation sites (tertiary alicyclic amines) is 1. The summed E-state index contributed by atoms with van der Waals surface area (Å²) < 4.78 is 15.8. The van der Waals surface area contributed by atoms with Gasteiger partial charge in [0.05, 0.1) is 50.6 Å². The number of nitrogens with zero attached hydrogens (tertiary/aromatic N) is 4. The van der Waals surface area contributed by atoms with Gasteiger partial charge in [-0.2, -0.15) is 0 Å². The fraction of sp³-hybridized carbons (Fsp3) is 0.455. The maximum atomic E-state index is 13.7. The van der Waals surface area contributed by atoms with Gasteiger partial charge in [-0.3, -0.25) is 9.59 Å². The molecule has 6 rings (SSSR count). The Hall–Kier alpha value is -6.12. The van der Waals surface area contributed by atoms with Crippen molar-refractivity contribution < 1.29 is 33.1 Å². The van der Waals surface area contributed by atoms with Crippen molar-refractivity contribution in [2.45, 2.75) is 91.4 Å². The van der Waals surface area contributed by atoms with E-state index in [0.29, 0.717) is 37.6 Å². The van der Waals surface area contributed by atoms with Crippen LogP contribution in [-0.2, 0) is 25.6 Å². The summed E-state index contributed by atoms with van der Waals surface area (Å²) in [5.41, 5.74) is 5.16. The Bertz CT molecular complexity index is 2220. The van der Waals surface area contributed by atoms with E-state index in [1.165, 1.54) is 14.2 Å². The number of benzene rings is 2. The Morgan fingerprint density at radius 1 is 0.847 bits per heavy atom. The predicted molar refractivity (Wildman–Crippen MR) is 224 cm³/mol. The molecule has 1 saturated heterocycles. The van der Waals surface area contributed by atoms with Gasteiger partial charge < -0.3 is 44.3 Å². The van der Waals surface area contributed by atoms with E-state index >= 15 is 0 Å². The molecule has 0 saturated carbocycles. The smallest absolute Gasteiger partial charge is 0.407 e. The van der Waals surface area contributed by atoms with E-state index in [1.54, 1.807) is 17.3 Å². The number of ether oxygens (including phenoxy) is 2. The molecule has 4 amide bonds. The van der Waals surface area contributed by atoms with E-state index < -0.39 is 24.3 Å². The maximum Gasteiger partial charge on any atom is 0.407 e. The maximum absolute atomic E-state index is 13.7. The average Bonchev–Trinajstić information content (AvgIpc) is 4.06. The number of hydrogen-bond donors (Lipinski definition) is 4. The Morgan fingerprint density at radius 3 is 2.15 bits per heavy atom. The lowest BCUT2D eigenvalue weighted by Crippen LogP contribution is -2.49. The third-order valence-electron chi connectivity index (χ3n) is 10.5. The molecule has 1 aliphatic heterocycles. The molecule has 1 aliphatic rings. The van der Waals surface area contributed by atoms with Crippen LogP contribution in [0, 0.1) is 11.8 Å². The summed E-state index contributed by atoms with van der Waals surface area (Å²) in [6.07, 6.45) is 5.65. The third kappa shape index (κ3) is 10.3. The number of fused-ring (bicyclic) bond motifs is 1. The van der Waals surface area contributed by atoms with E-state index in [4.69, 9.17) is 18.9 Å². The number of alkyl carbamates (subject to hydrolysis) is 2. The third-order valence-corrected chi connectivity index (χ3v) is 10.5. The number of nitrogens with one attached hydrogen (secondary N) is 4. The van der Waals surface area contributed by atoms with Crippen molar-refractivity contribution in [3.63, 3.8) is 0 Å². The number of carbonyl (C=O) groups is 4. The van der Waals surface area contributed by atoms with E-state index in [-0.39, 0.29) is 36.2 Å². The molecule has 59 heavy (non-hydrogen) atoms. The second-order valence-electron chi connectivity index (χ2n) is 16.0. The molecule has 0 bridgehead atoms. The van der Waals surface area contributed by atoms with Crippen LogP contribution in [0.4, 0.5) is 9.59 Å². The van der Waals surface area contributed by atoms with Gasteiger partial charge in [-0.05, 0) is 73.8 Å². The van der Waals surface area contributed by atoms with Gasteiger partial charge in [0.15, 0.2) is 0 Å². The van der Waals surface area contributed by atoms with Crippen LogP contribution in [0.15, 0.2) is 65.3 Å². The van der Waals surface area contributed by atoms with Crippen LogP contribution < -0.4 is 10.6 Å². The number of aromatic nitrogens is 4. The predicted octanol–water partition coefficient (Wildman–Crippen LogP) is 7.82. The normalized spacial score (nSPS) is 15.1. The molecule has 314 valence electrons. The van der Waals surface area contributed by atoms with Crippen LogP contribution in [-0.4, -0.2) is 93.1 Å². The van der Waals surface area contributed by atoms with Gasteiger partial charge in [0, 0.05) is 29.6 Å². The number of hydrogen-bond acceptors (Lipinski definition) is 9. The zero-order valence-electron chi connectivity index (χ0n) is 35.0. The number of rotatable bonds is 16. The molecule has 3 aromatic heterocycles. The number of aromatic amines is 2. The summed E-state index contributed by atoms with van der Waals surface area (Å²) in [6, 6.07) is 14.4. The Kier molecular flexibility index (Phi) is 13.7. The molecule has 3 atom stereocenters. The number of amides is 4. The highest BCUT2D eigenvalue weighted by Crippen LogP contribution is 2.35. The Labute approximate surface area is 344 Å². The molecule has 15 heteroatoms. The SMILES string of the molecule is CCCN(Cc1ncc(-c2ccc(-c3cc4cc(-c5cnc([C@@H]6CCCN6C(=O)[C@H](CC(C)C)NC(=O)OC)[nH]5)ccc4o3)cc2)[nH]1)C(=O)[C@H](CC(C)C)NC(=O)OC. The van der Waals surface area contributed by atoms with Gasteiger partial charge in [-0.15, -0.1) is 0 Å². The first-order valence-electron chi connectivity index (χ1n) is 20.4. The molecule has 15 nitrogen and oxygen atoms in total. The molecule has 4 N–H and O–H groups in total. The summed E-state index contributed by atoms with van der Waals surface area (Å²) in [4.78, 5) is 70.9. The van der Waals surface area contributed by atoms with Crippen molar-refractivity contribution in [2.24, 2.45) is 11.8 Å². The van der Waals surface area contributed by atoms with E-state index in [2.05, 4.69) is 31.7 Å². The molecule has 0 aliphatic carbocycles. The molecule has 1 fully saturated rings. The first-order chi connectivity index (χ1) is 28.4. The highest BCUT2D eigenvalue weighted by Gasteiger charge is 2.36. The number of furan rings is 1. The van der Waals surface area contributed by atoms with Crippen LogP contribution >= 0.6 is 0 Å². The van der Waals surface area contributed by atoms with Gasteiger partial charge in [0.25, 0.3) is 0 Å². The van der Waals surface area contributed by atoms with Gasteiger partial charge in [0.1, 0.15) is 35.1 Å². The monoisotopic (exact) mass is 808 g/mol. The second kappa shape index (κ2) is 19.1. The van der Waals surface area contributed by atoms with Gasteiger partial charge in [-0.1, -0.05) is 58.9 Å². The highest BCUT2D eigenvalue weighted by atomic mass is 16.5. The summed E-state index contributed by atoms with van der Waals surface area (Å²) in [5.74, 6) is 2.16. The number of methoxy groups -OCH3 is 2. The van der Waals surface area contributed by atoms with Crippen LogP contribution in [0.25, 0.3) is 44.8 Å². The summed E-state index contributed by atoms with van der Waals surface area (Å²) in [5, 5.41) is 6.36. The zero-order valence-corrected chi connectivity index (χ0v) is 35.0. The van der Waals surface area contributed by atoms with Crippen molar-refractivity contribution in [3.8, 4) is 33.8 Å². The second-order valence-corrected chi connectivity index (χ2v) is 16.0. The first-order valence-corrected chi connectivity index (χ1v) is 20.4. The molecule has 0 spiro atoms.